The third-order valence-corrected chi connectivity index (χ3v) is 5.11. The molecule has 0 radical (unpaired) electrons. The van der Waals surface area contributed by atoms with E-state index in [4.69, 9.17) is 0 Å². The van der Waals surface area contributed by atoms with Crippen molar-refractivity contribution >= 4 is 37.5 Å². The number of rotatable bonds is 4. The molecule has 0 fully saturated rings. The minimum atomic E-state index is -3.60. The van der Waals surface area contributed by atoms with E-state index in [1.807, 2.05) is 6.07 Å². The van der Waals surface area contributed by atoms with E-state index in [1.54, 1.807) is 42.5 Å². The Morgan fingerprint density at radius 3 is 2.59 bits per heavy atom. The predicted octanol–water partition coefficient (Wildman–Crippen LogP) is 2.60. The first kappa shape index (κ1) is 15.1. The molecule has 1 aliphatic rings. The Hall–Kier alpha value is -1.86. The summed E-state index contributed by atoms with van der Waals surface area (Å²) >= 11 is 3.29. The van der Waals surface area contributed by atoms with Gasteiger partial charge in [-0.1, -0.05) is 28.1 Å². The maximum Gasteiger partial charge on any atom is 0.261 e. The summed E-state index contributed by atoms with van der Waals surface area (Å²) in [6, 6.07) is 13.7. The molecule has 2 aromatic carbocycles. The van der Waals surface area contributed by atoms with E-state index >= 15 is 0 Å². The molecule has 2 aromatic rings. The van der Waals surface area contributed by atoms with Crippen molar-refractivity contribution in [3.05, 3.63) is 58.6 Å². The molecule has 0 saturated carbocycles. The Morgan fingerprint density at radius 1 is 1.14 bits per heavy atom. The molecular formula is C15H14BrN3O2S. The first-order valence-corrected chi connectivity index (χ1v) is 8.99. The lowest BCUT2D eigenvalue weighted by Crippen LogP contribution is -2.20. The Labute approximate surface area is 137 Å². The fraction of sp³-hybridized carbons (Fsp3) is 0.133. The number of nitrogens with one attached hydrogen (secondary N) is 2. The topological polar surface area (TPSA) is 70.6 Å². The van der Waals surface area contributed by atoms with Crippen LogP contribution in [0.1, 0.15) is 5.56 Å². The molecule has 5 nitrogen and oxygen atoms in total. The normalized spacial score (nSPS) is 14.3. The highest BCUT2D eigenvalue weighted by Gasteiger charge is 2.15. The zero-order chi connectivity index (χ0) is 15.6. The van der Waals surface area contributed by atoms with Crippen molar-refractivity contribution in [2.24, 2.45) is 4.99 Å². The van der Waals surface area contributed by atoms with Gasteiger partial charge in [-0.2, -0.15) is 0 Å². The summed E-state index contributed by atoms with van der Waals surface area (Å²) in [6.07, 6.45) is 0. The van der Waals surface area contributed by atoms with Crippen LogP contribution >= 0.6 is 15.9 Å². The van der Waals surface area contributed by atoms with Crippen molar-refractivity contribution in [3.63, 3.8) is 0 Å². The number of amidine groups is 1. The van der Waals surface area contributed by atoms with Crippen molar-refractivity contribution in [2.75, 3.05) is 17.8 Å². The summed E-state index contributed by atoms with van der Waals surface area (Å²) in [6.45, 7) is 1.55. The number of benzene rings is 2. The number of anilines is 1. The molecule has 0 amide bonds. The van der Waals surface area contributed by atoms with Crippen LogP contribution in [0.4, 0.5) is 5.69 Å². The van der Waals surface area contributed by atoms with Crippen molar-refractivity contribution in [2.45, 2.75) is 4.90 Å². The second kappa shape index (κ2) is 6.10. The van der Waals surface area contributed by atoms with Crippen molar-refractivity contribution < 1.29 is 8.42 Å². The van der Waals surface area contributed by atoms with Crippen molar-refractivity contribution in [3.8, 4) is 0 Å². The summed E-state index contributed by atoms with van der Waals surface area (Å²) in [4.78, 5) is 4.55. The summed E-state index contributed by atoms with van der Waals surface area (Å²) in [5.74, 6) is 0.796. The summed E-state index contributed by atoms with van der Waals surface area (Å²) < 4.78 is 28.2. The molecule has 7 heteroatoms. The minimum Gasteiger partial charge on any atom is -0.368 e. The number of hydrogen-bond acceptors (Lipinski definition) is 4. The van der Waals surface area contributed by atoms with E-state index in [9.17, 15) is 8.42 Å². The zero-order valence-electron chi connectivity index (χ0n) is 11.6. The van der Waals surface area contributed by atoms with Crippen molar-refractivity contribution in [1.82, 2.24) is 5.32 Å². The van der Waals surface area contributed by atoms with Gasteiger partial charge in [0.1, 0.15) is 5.84 Å². The maximum atomic E-state index is 12.4. The molecule has 0 bridgehead atoms. The number of sulfonamides is 1. The largest absolute Gasteiger partial charge is 0.368 e. The Bertz CT molecular complexity index is 817. The van der Waals surface area contributed by atoms with Gasteiger partial charge < -0.3 is 5.32 Å². The minimum absolute atomic E-state index is 0.220. The number of nitrogens with zero attached hydrogens (tertiary/aromatic N) is 1. The fourth-order valence-electron chi connectivity index (χ4n) is 2.15. The van der Waals surface area contributed by atoms with E-state index in [1.165, 1.54) is 0 Å². The molecule has 1 aliphatic heterocycles. The lowest BCUT2D eigenvalue weighted by molar-refractivity contribution is 0.601. The molecule has 22 heavy (non-hydrogen) atoms. The van der Waals surface area contributed by atoms with Crippen LogP contribution in [0.25, 0.3) is 0 Å². The second-order valence-electron chi connectivity index (χ2n) is 4.80. The Balaban J connectivity index is 1.86. The van der Waals surface area contributed by atoms with Crippen LogP contribution in [0.2, 0.25) is 0 Å². The van der Waals surface area contributed by atoms with Crippen LogP contribution in [0, 0.1) is 0 Å². The van der Waals surface area contributed by atoms with Crippen LogP contribution in [-0.2, 0) is 10.0 Å². The molecule has 0 saturated heterocycles. The highest BCUT2D eigenvalue weighted by Crippen LogP contribution is 2.19. The molecule has 0 unspecified atom stereocenters. The quantitative estimate of drug-likeness (QED) is 0.857. The lowest BCUT2D eigenvalue weighted by Gasteiger charge is -2.10. The number of hydrogen-bond donors (Lipinski definition) is 2. The molecule has 114 valence electrons. The molecule has 0 spiro atoms. The van der Waals surface area contributed by atoms with Crippen LogP contribution in [0.5, 0.6) is 0 Å². The third kappa shape index (κ3) is 3.31. The first-order valence-electron chi connectivity index (χ1n) is 6.72. The smallest absolute Gasteiger partial charge is 0.261 e. The summed E-state index contributed by atoms with van der Waals surface area (Å²) in [7, 11) is -3.60. The standard InChI is InChI=1S/C15H14BrN3O2S/c16-12-4-6-14(7-5-12)22(20,21)19-13-3-1-2-11(10-13)15-17-8-9-18-15/h1-7,10,19H,8-9H2,(H,17,18). The lowest BCUT2D eigenvalue weighted by atomic mass is 10.2. The van der Waals surface area contributed by atoms with Gasteiger partial charge in [0.25, 0.3) is 10.0 Å². The van der Waals surface area contributed by atoms with Crippen LogP contribution < -0.4 is 10.0 Å². The molecule has 0 atom stereocenters. The molecule has 2 N–H and O–H groups in total. The monoisotopic (exact) mass is 379 g/mol. The van der Waals surface area contributed by atoms with E-state index in [2.05, 4.69) is 31.0 Å². The molecule has 1 heterocycles. The van der Waals surface area contributed by atoms with Gasteiger partial charge in [-0.15, -0.1) is 0 Å². The van der Waals surface area contributed by atoms with Gasteiger partial charge in [-0.25, -0.2) is 8.42 Å². The van der Waals surface area contributed by atoms with Gasteiger partial charge in [0.2, 0.25) is 0 Å². The average Bonchev–Trinajstić information content (AvgIpc) is 3.02. The highest BCUT2D eigenvalue weighted by atomic mass is 79.9. The van der Waals surface area contributed by atoms with Crippen LogP contribution in [0.15, 0.2) is 62.9 Å². The Morgan fingerprint density at radius 2 is 1.91 bits per heavy atom. The fourth-order valence-corrected chi connectivity index (χ4v) is 3.46. The highest BCUT2D eigenvalue weighted by molar-refractivity contribution is 9.10. The van der Waals surface area contributed by atoms with E-state index < -0.39 is 10.0 Å². The molecule has 0 aromatic heterocycles. The van der Waals surface area contributed by atoms with Crippen LogP contribution in [-0.4, -0.2) is 27.3 Å². The molecular weight excluding hydrogens is 366 g/mol. The third-order valence-electron chi connectivity index (χ3n) is 3.19. The summed E-state index contributed by atoms with van der Waals surface area (Å²) in [5, 5.41) is 3.17. The zero-order valence-corrected chi connectivity index (χ0v) is 14.0. The van der Waals surface area contributed by atoms with Gasteiger partial charge >= 0.3 is 0 Å². The average molecular weight is 380 g/mol. The molecule has 0 aliphatic carbocycles. The van der Waals surface area contributed by atoms with Gasteiger partial charge in [0.05, 0.1) is 11.4 Å². The molecule has 3 rings (SSSR count). The second-order valence-corrected chi connectivity index (χ2v) is 7.40. The SMILES string of the molecule is O=S(=O)(Nc1cccc(C2=NCCN2)c1)c1ccc(Br)cc1. The van der Waals surface area contributed by atoms with E-state index in [0.717, 1.165) is 29.0 Å². The first-order chi connectivity index (χ1) is 10.5. The number of halogens is 1. The van der Waals surface area contributed by atoms with Gasteiger partial charge in [0.15, 0.2) is 0 Å². The number of aliphatic imine (C=N–C) groups is 1. The van der Waals surface area contributed by atoms with E-state index in [-0.39, 0.29) is 4.90 Å². The summed E-state index contributed by atoms with van der Waals surface area (Å²) in [5.41, 5.74) is 1.38. The Kier molecular flexibility index (Phi) is 4.17. The van der Waals surface area contributed by atoms with Gasteiger partial charge in [-0.05, 0) is 36.4 Å². The van der Waals surface area contributed by atoms with Gasteiger partial charge in [-0.3, -0.25) is 9.71 Å². The maximum absolute atomic E-state index is 12.4. The van der Waals surface area contributed by atoms with Gasteiger partial charge in [0, 0.05) is 22.3 Å². The van der Waals surface area contributed by atoms with Crippen molar-refractivity contribution in [1.29, 1.82) is 0 Å². The van der Waals surface area contributed by atoms with Crippen LogP contribution in [0.3, 0.4) is 0 Å². The van der Waals surface area contributed by atoms with E-state index in [0.29, 0.717) is 5.69 Å². The predicted molar refractivity (Wildman–Crippen MR) is 90.8 cm³/mol.